The van der Waals surface area contributed by atoms with Crippen molar-refractivity contribution in [2.45, 2.75) is 30.9 Å². The molecule has 2 N–H and O–H groups in total. The number of rotatable bonds is 10. The minimum absolute atomic E-state index is 0.142. The van der Waals surface area contributed by atoms with Gasteiger partial charge in [0.15, 0.2) is 0 Å². The van der Waals surface area contributed by atoms with E-state index in [1.807, 2.05) is 42.5 Å². The number of hydrogen-bond donors (Lipinski definition) is 2. The van der Waals surface area contributed by atoms with Crippen molar-refractivity contribution < 1.29 is 9.47 Å². The number of aromatic nitrogens is 1. The molecule has 0 bridgehead atoms. The van der Waals surface area contributed by atoms with Crippen molar-refractivity contribution in [1.82, 2.24) is 4.98 Å². The van der Waals surface area contributed by atoms with Crippen molar-refractivity contribution in [1.29, 1.82) is 5.41 Å². The van der Waals surface area contributed by atoms with Gasteiger partial charge in [0.25, 0.3) is 0 Å². The normalized spacial score (nSPS) is 15.7. The Morgan fingerprint density at radius 2 is 1.38 bits per heavy atom. The molecule has 0 radical (unpaired) electrons. The number of benzene rings is 4. The van der Waals surface area contributed by atoms with Crippen molar-refractivity contribution in [3.05, 3.63) is 155 Å². The largest absolute Gasteiger partial charge is 0.488 e. The second-order valence-electron chi connectivity index (χ2n) is 12.1. The van der Waals surface area contributed by atoms with Gasteiger partial charge in [0.05, 0.1) is 18.9 Å². The molecular formula is C39H38N4O2. The first-order chi connectivity index (χ1) is 22.0. The third-order valence-corrected chi connectivity index (χ3v) is 8.89. The molecule has 5 aromatic rings. The van der Waals surface area contributed by atoms with E-state index in [1.165, 1.54) is 0 Å². The molecule has 2 heterocycles. The number of ether oxygens (including phenoxy) is 2. The quantitative estimate of drug-likeness (QED) is 0.128. The van der Waals surface area contributed by atoms with E-state index in [2.05, 4.69) is 101 Å². The zero-order chi connectivity index (χ0) is 30.7. The Balaban J connectivity index is 1.38. The van der Waals surface area contributed by atoms with Crippen LogP contribution in [0.4, 0.5) is 11.5 Å². The van der Waals surface area contributed by atoms with E-state index in [-0.39, 0.29) is 5.60 Å². The van der Waals surface area contributed by atoms with Crippen LogP contribution in [-0.4, -0.2) is 42.6 Å². The van der Waals surface area contributed by atoms with Gasteiger partial charge < -0.3 is 19.7 Å². The molecule has 0 spiro atoms. The summed E-state index contributed by atoms with van der Waals surface area (Å²) in [5.41, 5.74) is 5.24. The molecule has 1 aliphatic carbocycles. The standard InChI is InChI=1S/C39H38N4O2/c1-38(20-21-38)45-33-17-18-35(34(28-33)37(40)29-19-22-41-36(27-29)43-23-25-44-26-24-43)42-39(30-11-5-2-6-12-30,31-13-7-3-8-14-31)32-15-9-4-10-16-32/h2-19,22,27-28,40,42H,20-21,23-26H2,1H3. The Kier molecular flexibility index (Phi) is 7.82. The summed E-state index contributed by atoms with van der Waals surface area (Å²) in [5.74, 6) is 1.63. The van der Waals surface area contributed by atoms with E-state index >= 15 is 0 Å². The van der Waals surface area contributed by atoms with E-state index in [0.717, 1.165) is 71.0 Å². The summed E-state index contributed by atoms with van der Waals surface area (Å²) >= 11 is 0. The molecule has 7 rings (SSSR count). The molecule has 2 fully saturated rings. The Morgan fingerprint density at radius 3 is 1.93 bits per heavy atom. The van der Waals surface area contributed by atoms with Gasteiger partial charge in [0.1, 0.15) is 22.7 Å². The fourth-order valence-corrected chi connectivity index (χ4v) is 6.14. The minimum atomic E-state index is -0.735. The summed E-state index contributed by atoms with van der Waals surface area (Å²) in [4.78, 5) is 6.87. The number of nitrogens with zero attached hydrogens (tertiary/aromatic N) is 2. The van der Waals surface area contributed by atoms with Crippen LogP contribution in [0.15, 0.2) is 128 Å². The van der Waals surface area contributed by atoms with E-state index < -0.39 is 5.54 Å². The summed E-state index contributed by atoms with van der Waals surface area (Å²) in [5, 5.41) is 13.6. The van der Waals surface area contributed by atoms with Gasteiger partial charge >= 0.3 is 0 Å². The van der Waals surface area contributed by atoms with Gasteiger partial charge in [-0.2, -0.15) is 0 Å². The molecule has 6 nitrogen and oxygen atoms in total. The Bertz CT molecular complexity index is 1670. The summed E-state index contributed by atoms with van der Waals surface area (Å²) in [6, 6.07) is 41.7. The Labute approximate surface area is 265 Å². The van der Waals surface area contributed by atoms with Gasteiger partial charge in [-0.3, -0.25) is 5.41 Å². The third kappa shape index (κ3) is 5.94. The van der Waals surface area contributed by atoms with Crippen LogP contribution in [0.1, 0.15) is 47.6 Å². The first kappa shape index (κ1) is 28.8. The first-order valence-corrected chi connectivity index (χ1v) is 15.7. The highest BCUT2D eigenvalue weighted by Crippen LogP contribution is 2.43. The molecule has 2 aliphatic rings. The average molecular weight is 595 g/mol. The van der Waals surface area contributed by atoms with E-state index in [4.69, 9.17) is 9.47 Å². The fraction of sp³-hybridized carbons (Fsp3) is 0.231. The topological polar surface area (TPSA) is 70.5 Å². The van der Waals surface area contributed by atoms with Crippen molar-refractivity contribution in [3.8, 4) is 5.75 Å². The van der Waals surface area contributed by atoms with Gasteiger partial charge in [-0.05, 0) is 66.8 Å². The van der Waals surface area contributed by atoms with E-state index in [9.17, 15) is 5.41 Å². The maximum atomic E-state index is 9.62. The van der Waals surface area contributed by atoms with Crippen molar-refractivity contribution in [2.24, 2.45) is 0 Å². The van der Waals surface area contributed by atoms with Crippen molar-refractivity contribution in [2.75, 3.05) is 36.5 Å². The van der Waals surface area contributed by atoms with Gasteiger partial charge in [-0.1, -0.05) is 91.0 Å². The maximum absolute atomic E-state index is 9.62. The lowest BCUT2D eigenvalue weighted by molar-refractivity contribution is 0.122. The van der Waals surface area contributed by atoms with Gasteiger partial charge in [-0.25, -0.2) is 4.98 Å². The summed E-state index contributed by atoms with van der Waals surface area (Å²) in [6.45, 7) is 5.07. The van der Waals surface area contributed by atoms with Crippen LogP contribution in [0.3, 0.4) is 0 Å². The van der Waals surface area contributed by atoms with Gasteiger partial charge in [-0.15, -0.1) is 0 Å². The Morgan fingerprint density at radius 1 is 0.800 bits per heavy atom. The molecule has 1 aromatic heterocycles. The lowest BCUT2D eigenvalue weighted by atomic mass is 9.76. The number of anilines is 2. The maximum Gasteiger partial charge on any atom is 0.129 e. The molecule has 0 atom stereocenters. The van der Waals surface area contributed by atoms with Crippen LogP contribution in [0.5, 0.6) is 5.75 Å². The second-order valence-corrected chi connectivity index (χ2v) is 12.1. The number of nitrogens with one attached hydrogen (secondary N) is 2. The number of hydrogen-bond acceptors (Lipinski definition) is 6. The van der Waals surface area contributed by atoms with Crippen LogP contribution < -0.4 is 15.0 Å². The summed E-state index contributed by atoms with van der Waals surface area (Å²) in [7, 11) is 0. The summed E-state index contributed by atoms with van der Waals surface area (Å²) in [6.07, 6.45) is 3.87. The Hall–Kier alpha value is -4.94. The lowest BCUT2D eigenvalue weighted by Gasteiger charge is -2.38. The molecule has 45 heavy (non-hydrogen) atoms. The highest BCUT2D eigenvalue weighted by molar-refractivity contribution is 6.14. The zero-order valence-corrected chi connectivity index (χ0v) is 25.6. The predicted molar refractivity (Wildman–Crippen MR) is 181 cm³/mol. The molecular weight excluding hydrogens is 556 g/mol. The molecule has 0 unspecified atom stereocenters. The molecule has 1 saturated carbocycles. The number of pyridine rings is 1. The molecule has 6 heteroatoms. The van der Waals surface area contributed by atoms with Crippen molar-refractivity contribution in [3.63, 3.8) is 0 Å². The molecule has 1 aliphatic heterocycles. The lowest BCUT2D eigenvalue weighted by Crippen LogP contribution is -2.38. The highest BCUT2D eigenvalue weighted by atomic mass is 16.5. The molecule has 1 saturated heterocycles. The van der Waals surface area contributed by atoms with Crippen LogP contribution in [0, 0.1) is 5.41 Å². The zero-order valence-electron chi connectivity index (χ0n) is 25.6. The first-order valence-electron chi connectivity index (χ1n) is 15.7. The molecule has 4 aromatic carbocycles. The van der Waals surface area contributed by atoms with E-state index in [1.54, 1.807) is 6.20 Å². The van der Waals surface area contributed by atoms with Gasteiger partial charge in [0, 0.05) is 36.1 Å². The van der Waals surface area contributed by atoms with Crippen LogP contribution in [0.25, 0.3) is 0 Å². The van der Waals surface area contributed by atoms with E-state index in [0.29, 0.717) is 18.9 Å². The monoisotopic (exact) mass is 594 g/mol. The van der Waals surface area contributed by atoms with Crippen LogP contribution in [-0.2, 0) is 10.3 Å². The average Bonchev–Trinajstić information content (AvgIpc) is 3.85. The van der Waals surface area contributed by atoms with Crippen LogP contribution >= 0.6 is 0 Å². The molecule has 0 amide bonds. The highest BCUT2D eigenvalue weighted by Gasteiger charge is 2.41. The van der Waals surface area contributed by atoms with Gasteiger partial charge in [0.2, 0.25) is 0 Å². The predicted octanol–water partition coefficient (Wildman–Crippen LogP) is 7.67. The number of morpholine rings is 1. The second kappa shape index (κ2) is 12.2. The SMILES string of the molecule is CC1(Oc2ccc(NC(c3ccccc3)(c3ccccc3)c3ccccc3)c(C(=N)c3ccnc(N4CCOCC4)c3)c2)CC1. The molecule has 226 valence electrons. The minimum Gasteiger partial charge on any atom is -0.488 e. The smallest absolute Gasteiger partial charge is 0.129 e. The van der Waals surface area contributed by atoms with Crippen molar-refractivity contribution >= 4 is 17.2 Å². The third-order valence-electron chi connectivity index (χ3n) is 8.89. The fourth-order valence-electron chi connectivity index (χ4n) is 6.14. The summed E-state index contributed by atoms with van der Waals surface area (Å²) < 4.78 is 12.0. The van der Waals surface area contributed by atoms with Crippen LogP contribution in [0.2, 0.25) is 0 Å².